The van der Waals surface area contributed by atoms with Gasteiger partial charge in [-0.05, 0) is 45.3 Å². The number of carboxylic acid groups (broad SMARTS) is 1. The normalized spacial score (nSPS) is 20.7. The third-order valence-corrected chi connectivity index (χ3v) is 4.64. The van der Waals surface area contributed by atoms with Crippen LogP contribution in [0.5, 0.6) is 0 Å². The summed E-state index contributed by atoms with van der Waals surface area (Å²) >= 11 is 0. The van der Waals surface area contributed by atoms with E-state index in [1.165, 1.54) is 0 Å². The monoisotopic (exact) mass is 276 g/mol. The molecule has 0 aromatic carbocycles. The fourth-order valence-electron chi connectivity index (χ4n) is 2.25. The predicted octanol–water partition coefficient (Wildman–Crippen LogP) is 1.73. The maximum absolute atomic E-state index is 11.0. The highest BCUT2D eigenvalue weighted by atomic mass is 31.1. The van der Waals surface area contributed by atoms with Gasteiger partial charge < -0.3 is 15.1 Å². The van der Waals surface area contributed by atoms with Crippen molar-refractivity contribution in [3.63, 3.8) is 0 Å². The van der Waals surface area contributed by atoms with Gasteiger partial charge in [-0.25, -0.2) is 0 Å². The largest absolute Gasteiger partial charge is 0.481 e. The summed E-state index contributed by atoms with van der Waals surface area (Å²) in [5.41, 5.74) is 0. The number of aliphatic hydroxyl groups is 1. The molecule has 1 aliphatic heterocycles. The van der Waals surface area contributed by atoms with Gasteiger partial charge in [0.2, 0.25) is 0 Å². The topological polar surface area (TPSA) is 77.8 Å². The number of hydrogen-bond donors (Lipinski definition) is 2. The zero-order chi connectivity index (χ0) is 13.5. The molecular formula is C12H23NO4P+. The van der Waals surface area contributed by atoms with Crippen molar-refractivity contribution in [2.24, 2.45) is 5.92 Å². The summed E-state index contributed by atoms with van der Waals surface area (Å²) in [4.78, 5) is 13.1. The summed E-state index contributed by atoms with van der Waals surface area (Å²) in [6.07, 6.45) is 3.90. The standard InChI is InChI=1S/C12H22NO4P/c1-18(17)11(14)4-2-3-7-13-8-5-10(6-9-13)12(15)16/h10-11,14H,2-9H2,1H3/p+1. The lowest BCUT2D eigenvalue weighted by molar-refractivity contribution is -0.143. The number of piperidine rings is 1. The molecule has 1 aliphatic rings. The van der Waals surface area contributed by atoms with Crippen LogP contribution >= 0.6 is 7.80 Å². The summed E-state index contributed by atoms with van der Waals surface area (Å²) in [6, 6.07) is 0. The highest BCUT2D eigenvalue weighted by Gasteiger charge is 2.24. The number of aliphatic carboxylic acids is 1. The van der Waals surface area contributed by atoms with Gasteiger partial charge in [0.25, 0.3) is 5.85 Å². The molecule has 0 aliphatic carbocycles. The number of unbranched alkanes of at least 4 members (excludes halogenated alkanes) is 1. The van der Waals surface area contributed by atoms with E-state index in [9.17, 15) is 14.5 Å². The van der Waals surface area contributed by atoms with E-state index in [2.05, 4.69) is 4.90 Å². The van der Waals surface area contributed by atoms with Crippen LogP contribution in [0.25, 0.3) is 0 Å². The van der Waals surface area contributed by atoms with Crippen molar-refractivity contribution in [1.29, 1.82) is 0 Å². The minimum absolute atomic E-state index is 0.174. The van der Waals surface area contributed by atoms with E-state index in [-0.39, 0.29) is 5.92 Å². The van der Waals surface area contributed by atoms with Gasteiger partial charge >= 0.3 is 13.8 Å². The summed E-state index contributed by atoms with van der Waals surface area (Å²) in [5.74, 6) is -1.52. The Morgan fingerprint density at radius 2 is 2.00 bits per heavy atom. The molecule has 1 fully saturated rings. The van der Waals surface area contributed by atoms with E-state index in [0.29, 0.717) is 6.42 Å². The summed E-state index contributed by atoms with van der Waals surface area (Å²) < 4.78 is 11.0. The zero-order valence-corrected chi connectivity index (χ0v) is 11.8. The Bertz CT molecular complexity index is 290. The number of rotatable bonds is 7. The molecule has 0 radical (unpaired) electrons. The second-order valence-corrected chi connectivity index (χ2v) is 6.67. The second kappa shape index (κ2) is 7.82. The maximum atomic E-state index is 11.0. The average molecular weight is 276 g/mol. The van der Waals surface area contributed by atoms with Gasteiger partial charge in [-0.15, -0.1) is 0 Å². The van der Waals surface area contributed by atoms with Crippen molar-refractivity contribution in [3.05, 3.63) is 0 Å². The molecule has 104 valence electrons. The van der Waals surface area contributed by atoms with Crippen molar-refractivity contribution in [3.8, 4) is 0 Å². The van der Waals surface area contributed by atoms with E-state index in [1.807, 2.05) is 0 Å². The van der Waals surface area contributed by atoms with E-state index >= 15 is 0 Å². The molecule has 0 saturated carbocycles. The fourth-order valence-corrected chi connectivity index (χ4v) is 2.79. The Morgan fingerprint density at radius 1 is 1.39 bits per heavy atom. The first-order chi connectivity index (χ1) is 8.50. The van der Waals surface area contributed by atoms with Crippen molar-refractivity contribution in [2.45, 2.75) is 37.9 Å². The van der Waals surface area contributed by atoms with Gasteiger partial charge in [0.15, 0.2) is 0 Å². The lowest BCUT2D eigenvalue weighted by Gasteiger charge is -2.29. The minimum atomic E-state index is -1.48. The van der Waals surface area contributed by atoms with Gasteiger partial charge in [0, 0.05) is 6.42 Å². The lowest BCUT2D eigenvalue weighted by atomic mass is 9.97. The molecule has 6 heteroatoms. The molecule has 2 unspecified atom stereocenters. The fraction of sp³-hybridized carbons (Fsp3) is 0.917. The van der Waals surface area contributed by atoms with Gasteiger partial charge in [-0.1, -0.05) is 4.57 Å². The first-order valence-corrected chi connectivity index (χ1v) is 8.31. The number of hydrogen-bond acceptors (Lipinski definition) is 4. The number of carbonyl (C=O) groups is 1. The third-order valence-electron chi connectivity index (χ3n) is 3.54. The van der Waals surface area contributed by atoms with Gasteiger partial charge in [0.05, 0.1) is 5.92 Å². The quantitative estimate of drug-likeness (QED) is 0.547. The molecule has 1 saturated heterocycles. The molecule has 2 N–H and O–H groups in total. The van der Waals surface area contributed by atoms with Gasteiger partial charge in [-0.3, -0.25) is 4.79 Å². The highest BCUT2D eigenvalue weighted by Crippen LogP contribution is 2.25. The third kappa shape index (κ3) is 5.42. The van der Waals surface area contributed by atoms with E-state index in [4.69, 9.17) is 5.11 Å². The van der Waals surface area contributed by atoms with Crippen LogP contribution in [-0.4, -0.2) is 53.2 Å². The number of likely N-dealkylation sites (tertiary alicyclic amines) is 1. The SMILES string of the molecule is C[P+](=O)C(O)CCCCN1CCC(C(=O)O)CC1. The van der Waals surface area contributed by atoms with Crippen LogP contribution in [0.15, 0.2) is 0 Å². The maximum Gasteiger partial charge on any atom is 0.366 e. The Balaban J connectivity index is 2.08. The molecule has 1 heterocycles. The Labute approximate surface area is 109 Å². The molecule has 0 bridgehead atoms. The van der Waals surface area contributed by atoms with Crippen LogP contribution in [0.4, 0.5) is 0 Å². The Hall–Kier alpha value is -0.510. The average Bonchev–Trinajstić information content (AvgIpc) is 2.34. The number of nitrogens with zero attached hydrogens (tertiary/aromatic N) is 1. The van der Waals surface area contributed by atoms with E-state index in [0.717, 1.165) is 45.3 Å². The highest BCUT2D eigenvalue weighted by molar-refractivity contribution is 7.44. The van der Waals surface area contributed by atoms with Crippen molar-refractivity contribution < 1.29 is 19.6 Å². The zero-order valence-electron chi connectivity index (χ0n) is 10.9. The van der Waals surface area contributed by atoms with Crippen LogP contribution in [0.1, 0.15) is 32.1 Å². The van der Waals surface area contributed by atoms with Crippen molar-refractivity contribution in [2.75, 3.05) is 26.3 Å². The Morgan fingerprint density at radius 3 is 2.50 bits per heavy atom. The molecule has 0 aromatic rings. The molecule has 5 nitrogen and oxygen atoms in total. The minimum Gasteiger partial charge on any atom is -0.481 e. The first kappa shape index (κ1) is 15.5. The molecule has 0 amide bonds. The molecule has 18 heavy (non-hydrogen) atoms. The molecule has 0 spiro atoms. The number of aliphatic hydroxyl groups excluding tert-OH is 1. The van der Waals surface area contributed by atoms with Crippen LogP contribution in [-0.2, 0) is 9.36 Å². The molecule has 1 rings (SSSR count). The Kier molecular flexibility index (Phi) is 6.76. The molecular weight excluding hydrogens is 253 g/mol. The second-order valence-electron chi connectivity index (χ2n) is 4.98. The van der Waals surface area contributed by atoms with Crippen molar-refractivity contribution >= 4 is 13.8 Å². The number of carboxylic acids is 1. The van der Waals surface area contributed by atoms with E-state index < -0.39 is 19.6 Å². The van der Waals surface area contributed by atoms with Gasteiger partial charge in [0.1, 0.15) is 6.66 Å². The smallest absolute Gasteiger partial charge is 0.366 e. The van der Waals surface area contributed by atoms with Gasteiger partial charge in [-0.2, -0.15) is 0 Å². The summed E-state index contributed by atoms with van der Waals surface area (Å²) in [6.45, 7) is 4.19. The van der Waals surface area contributed by atoms with Crippen LogP contribution < -0.4 is 0 Å². The first-order valence-electron chi connectivity index (χ1n) is 6.54. The predicted molar refractivity (Wildman–Crippen MR) is 70.2 cm³/mol. The van der Waals surface area contributed by atoms with Crippen LogP contribution in [0.2, 0.25) is 0 Å². The van der Waals surface area contributed by atoms with Crippen LogP contribution in [0, 0.1) is 5.92 Å². The van der Waals surface area contributed by atoms with Crippen LogP contribution in [0.3, 0.4) is 0 Å². The lowest BCUT2D eigenvalue weighted by Crippen LogP contribution is -2.36. The van der Waals surface area contributed by atoms with Crippen molar-refractivity contribution in [1.82, 2.24) is 4.90 Å². The molecule has 2 atom stereocenters. The molecule has 0 aromatic heterocycles. The summed E-state index contributed by atoms with van der Waals surface area (Å²) in [7, 11) is -1.48. The van der Waals surface area contributed by atoms with E-state index in [1.54, 1.807) is 6.66 Å². The summed E-state index contributed by atoms with van der Waals surface area (Å²) in [5, 5.41) is 18.3.